The van der Waals surface area contributed by atoms with Crippen molar-refractivity contribution >= 4 is 23.5 Å². The van der Waals surface area contributed by atoms with Gasteiger partial charge in [0.15, 0.2) is 5.60 Å². The van der Waals surface area contributed by atoms with E-state index in [-0.39, 0.29) is 5.91 Å². The van der Waals surface area contributed by atoms with Crippen LogP contribution in [0.1, 0.15) is 25.0 Å². The predicted molar refractivity (Wildman–Crippen MR) is 125 cm³/mol. The zero-order valence-electron chi connectivity index (χ0n) is 19.1. The molecule has 8 nitrogen and oxygen atoms in total. The highest BCUT2D eigenvalue weighted by Crippen LogP contribution is 2.46. The Morgan fingerprint density at radius 1 is 0.970 bits per heavy atom. The first-order valence-electron chi connectivity index (χ1n) is 10.7. The first-order chi connectivity index (χ1) is 15.8. The van der Waals surface area contributed by atoms with Crippen molar-refractivity contribution < 1.29 is 29.3 Å². The lowest BCUT2D eigenvalue weighted by molar-refractivity contribution is -0.135. The first-order valence-corrected chi connectivity index (χ1v) is 10.7. The zero-order chi connectivity index (χ0) is 24.4. The largest absolute Gasteiger partial charge is 0.478 e. The standard InChI is InChI=1S/C21H26N2O2.C4H4O4/c1-4-22(5-2)15-16-23-19-14-10-9-13-18(19)21(25-3,20(23)24)17-11-7-6-8-12-17;5-3(6)1-2-4(7)8/h6-14H,4-5,15-16H2,1-3H3;1-2H,(H,5,6)(H,7,8)/b;2-1+. The van der Waals surface area contributed by atoms with Crippen LogP contribution in [0, 0.1) is 0 Å². The van der Waals surface area contributed by atoms with Crippen LogP contribution in [0.5, 0.6) is 0 Å². The number of hydrogen-bond acceptors (Lipinski definition) is 5. The average molecular weight is 455 g/mol. The van der Waals surface area contributed by atoms with Crippen molar-refractivity contribution in [2.24, 2.45) is 0 Å². The number of ether oxygens (including phenoxy) is 1. The Morgan fingerprint density at radius 3 is 2.03 bits per heavy atom. The smallest absolute Gasteiger partial charge is 0.328 e. The van der Waals surface area contributed by atoms with E-state index in [1.54, 1.807) is 7.11 Å². The number of rotatable bonds is 9. The van der Waals surface area contributed by atoms with E-state index in [9.17, 15) is 14.4 Å². The molecule has 176 valence electrons. The Labute approximate surface area is 193 Å². The van der Waals surface area contributed by atoms with Gasteiger partial charge >= 0.3 is 11.9 Å². The van der Waals surface area contributed by atoms with E-state index in [0.29, 0.717) is 18.7 Å². The summed E-state index contributed by atoms with van der Waals surface area (Å²) >= 11 is 0. The molecule has 2 aromatic carbocycles. The SMILES string of the molecule is CCN(CC)CCN1C(=O)C(OC)(c2ccccc2)c2ccccc21.O=C(O)/C=C/C(=O)O. The number of carboxylic acids is 2. The van der Waals surface area contributed by atoms with Gasteiger partial charge in [0.1, 0.15) is 0 Å². The number of likely N-dealkylation sites (N-methyl/N-ethyl adjacent to an activating group) is 1. The summed E-state index contributed by atoms with van der Waals surface area (Å²) in [6.45, 7) is 7.76. The van der Waals surface area contributed by atoms with Gasteiger partial charge in [-0.05, 0) is 24.7 Å². The topological polar surface area (TPSA) is 107 Å². The lowest BCUT2D eigenvalue weighted by Gasteiger charge is -2.28. The second kappa shape index (κ2) is 11.9. The van der Waals surface area contributed by atoms with Crippen LogP contribution in [-0.4, -0.2) is 66.2 Å². The van der Waals surface area contributed by atoms with Gasteiger partial charge in [-0.3, -0.25) is 4.79 Å². The average Bonchev–Trinajstić information content (AvgIpc) is 3.07. The van der Waals surface area contributed by atoms with Crippen LogP contribution >= 0.6 is 0 Å². The molecule has 1 aliphatic heterocycles. The van der Waals surface area contributed by atoms with E-state index >= 15 is 0 Å². The van der Waals surface area contributed by atoms with Crippen LogP contribution in [0.4, 0.5) is 5.69 Å². The third kappa shape index (κ3) is 5.85. The second-order valence-electron chi connectivity index (χ2n) is 7.26. The van der Waals surface area contributed by atoms with Crippen molar-refractivity contribution in [1.82, 2.24) is 4.90 Å². The summed E-state index contributed by atoms with van der Waals surface area (Å²) in [4.78, 5) is 36.8. The first kappa shape index (κ1) is 25.8. The minimum Gasteiger partial charge on any atom is -0.478 e. The van der Waals surface area contributed by atoms with Gasteiger partial charge in [0.25, 0.3) is 5.91 Å². The number of aliphatic carboxylic acids is 2. The molecule has 0 radical (unpaired) electrons. The van der Waals surface area contributed by atoms with Crippen molar-refractivity contribution in [2.45, 2.75) is 19.4 Å². The van der Waals surface area contributed by atoms with E-state index in [0.717, 1.165) is 36.4 Å². The molecule has 0 spiro atoms. The van der Waals surface area contributed by atoms with E-state index in [2.05, 4.69) is 18.7 Å². The molecule has 1 heterocycles. The molecule has 0 aromatic heterocycles. The molecule has 0 saturated carbocycles. The van der Waals surface area contributed by atoms with Gasteiger partial charge in [0.05, 0.1) is 5.69 Å². The summed E-state index contributed by atoms with van der Waals surface area (Å²) < 4.78 is 5.91. The Balaban J connectivity index is 0.000000414. The minimum absolute atomic E-state index is 0.00504. The minimum atomic E-state index is -1.26. The third-order valence-electron chi connectivity index (χ3n) is 5.51. The quantitative estimate of drug-likeness (QED) is 0.561. The van der Waals surface area contributed by atoms with Crippen molar-refractivity contribution in [2.75, 3.05) is 38.2 Å². The molecular weight excluding hydrogens is 424 g/mol. The van der Waals surface area contributed by atoms with Gasteiger partial charge < -0.3 is 24.7 Å². The van der Waals surface area contributed by atoms with Crippen molar-refractivity contribution in [3.63, 3.8) is 0 Å². The van der Waals surface area contributed by atoms with Crippen LogP contribution in [0.15, 0.2) is 66.7 Å². The molecule has 8 heteroatoms. The van der Waals surface area contributed by atoms with Gasteiger partial charge in [0.2, 0.25) is 0 Å². The van der Waals surface area contributed by atoms with E-state index in [1.807, 2.05) is 59.5 Å². The molecule has 0 aliphatic carbocycles. The molecule has 33 heavy (non-hydrogen) atoms. The number of carbonyl (C=O) groups excluding carboxylic acids is 1. The molecular formula is C25H30N2O6. The summed E-state index contributed by atoms with van der Waals surface area (Å²) in [7, 11) is 1.62. The number of carboxylic acid groups (broad SMARTS) is 2. The zero-order valence-corrected chi connectivity index (χ0v) is 19.1. The molecule has 0 bridgehead atoms. The number of amides is 1. The number of carbonyl (C=O) groups is 3. The summed E-state index contributed by atoms with van der Waals surface area (Å²) in [6, 6.07) is 17.7. The Kier molecular flexibility index (Phi) is 9.32. The number of fused-ring (bicyclic) bond motifs is 1. The van der Waals surface area contributed by atoms with Crippen LogP contribution < -0.4 is 4.90 Å². The fourth-order valence-corrected chi connectivity index (χ4v) is 3.83. The highest BCUT2D eigenvalue weighted by molar-refractivity contribution is 6.09. The fraction of sp³-hybridized carbons (Fsp3) is 0.320. The fourth-order valence-electron chi connectivity index (χ4n) is 3.83. The highest BCUT2D eigenvalue weighted by Gasteiger charge is 2.52. The summed E-state index contributed by atoms with van der Waals surface area (Å²) in [5.74, 6) is -2.52. The monoisotopic (exact) mass is 454 g/mol. The maximum absolute atomic E-state index is 13.5. The molecule has 1 unspecified atom stereocenters. The second-order valence-corrected chi connectivity index (χ2v) is 7.26. The lowest BCUT2D eigenvalue weighted by atomic mass is 9.87. The normalized spacial score (nSPS) is 17.1. The molecule has 1 amide bonds. The van der Waals surface area contributed by atoms with E-state index in [4.69, 9.17) is 14.9 Å². The van der Waals surface area contributed by atoms with Crippen molar-refractivity contribution in [3.05, 3.63) is 77.9 Å². The molecule has 1 atom stereocenters. The highest BCUT2D eigenvalue weighted by atomic mass is 16.5. The summed E-state index contributed by atoms with van der Waals surface area (Å²) in [5.41, 5.74) is 1.69. The number of para-hydroxylation sites is 1. The van der Waals surface area contributed by atoms with Gasteiger partial charge in [-0.15, -0.1) is 0 Å². The van der Waals surface area contributed by atoms with Gasteiger partial charge in [-0.25, -0.2) is 9.59 Å². The number of benzene rings is 2. The maximum atomic E-state index is 13.5. The van der Waals surface area contributed by atoms with E-state index in [1.165, 1.54) is 0 Å². The summed E-state index contributed by atoms with van der Waals surface area (Å²) in [6.07, 6.45) is 1.12. The Bertz CT molecular complexity index is 971. The molecule has 3 rings (SSSR count). The molecule has 0 saturated heterocycles. The molecule has 2 aromatic rings. The van der Waals surface area contributed by atoms with Crippen molar-refractivity contribution in [3.8, 4) is 0 Å². The Hall–Kier alpha value is -3.49. The summed E-state index contributed by atoms with van der Waals surface area (Å²) in [5, 5.41) is 15.6. The third-order valence-corrected chi connectivity index (χ3v) is 5.51. The molecule has 2 N–H and O–H groups in total. The van der Waals surface area contributed by atoms with Gasteiger partial charge in [0, 0.05) is 37.9 Å². The number of methoxy groups -OCH3 is 1. The predicted octanol–water partition coefficient (Wildman–Crippen LogP) is 2.98. The molecule has 0 fully saturated rings. The van der Waals surface area contributed by atoms with Gasteiger partial charge in [-0.1, -0.05) is 62.4 Å². The lowest BCUT2D eigenvalue weighted by Crippen LogP contribution is -2.45. The van der Waals surface area contributed by atoms with Crippen LogP contribution in [0.25, 0.3) is 0 Å². The number of hydrogen-bond donors (Lipinski definition) is 2. The van der Waals surface area contributed by atoms with Gasteiger partial charge in [-0.2, -0.15) is 0 Å². The van der Waals surface area contributed by atoms with Crippen molar-refractivity contribution in [1.29, 1.82) is 0 Å². The number of anilines is 1. The van der Waals surface area contributed by atoms with Crippen LogP contribution in [-0.2, 0) is 24.7 Å². The van der Waals surface area contributed by atoms with Crippen LogP contribution in [0.3, 0.4) is 0 Å². The molecule has 1 aliphatic rings. The van der Waals surface area contributed by atoms with E-state index < -0.39 is 17.5 Å². The van der Waals surface area contributed by atoms with Crippen LogP contribution in [0.2, 0.25) is 0 Å². The Morgan fingerprint density at radius 2 is 1.52 bits per heavy atom. The number of nitrogens with zero attached hydrogens (tertiary/aromatic N) is 2. The maximum Gasteiger partial charge on any atom is 0.328 e.